The van der Waals surface area contributed by atoms with E-state index in [1.165, 1.54) is 16.1 Å². The van der Waals surface area contributed by atoms with Crippen LogP contribution < -0.4 is 5.32 Å². The van der Waals surface area contributed by atoms with Gasteiger partial charge in [0.25, 0.3) is 0 Å². The molecule has 18 heavy (non-hydrogen) atoms. The van der Waals surface area contributed by atoms with E-state index < -0.39 is 0 Å². The molecule has 1 aromatic carbocycles. The lowest BCUT2D eigenvalue weighted by atomic mass is 9.87. The topological polar surface area (TPSA) is 35.8 Å². The predicted molar refractivity (Wildman–Crippen MR) is 78.1 cm³/mol. The quantitative estimate of drug-likeness (QED) is 0.866. The Hall–Kier alpha value is -1.14. The lowest BCUT2D eigenvalue weighted by Crippen LogP contribution is -2.26. The van der Waals surface area contributed by atoms with Gasteiger partial charge in [-0.25, -0.2) is 0 Å². The molecule has 1 atom stereocenters. The second-order valence-electron chi connectivity index (χ2n) is 5.81. The molecule has 0 saturated carbocycles. The fraction of sp³-hybridized carbons (Fsp3) is 0.533. The summed E-state index contributed by atoms with van der Waals surface area (Å²) in [5.41, 5.74) is 2.81. The molecule has 0 saturated heterocycles. The third-order valence-electron chi connectivity index (χ3n) is 3.25. The molecule has 2 rings (SSSR count). The number of rotatable bonds is 2. The van der Waals surface area contributed by atoms with Crippen molar-refractivity contribution in [2.45, 2.75) is 50.0 Å². The van der Waals surface area contributed by atoms with Crippen LogP contribution in [0.5, 0.6) is 0 Å². The van der Waals surface area contributed by atoms with Gasteiger partial charge in [-0.3, -0.25) is 0 Å². The van der Waals surface area contributed by atoms with Crippen LogP contribution in [0, 0.1) is 11.3 Å². The van der Waals surface area contributed by atoms with Crippen molar-refractivity contribution in [3.05, 3.63) is 23.8 Å². The standard InChI is InChI=1S/C15H20N2S/c1-15(2,3)11-6-7-13-14(9-11)18-10-12(17-13)5-4-8-16/h6-7,9,12,17H,4-5,10H2,1-3H3. The van der Waals surface area contributed by atoms with E-state index in [1.807, 2.05) is 11.8 Å². The second kappa shape index (κ2) is 5.24. The van der Waals surface area contributed by atoms with Crippen molar-refractivity contribution in [1.82, 2.24) is 0 Å². The van der Waals surface area contributed by atoms with Crippen molar-refractivity contribution in [3.63, 3.8) is 0 Å². The Morgan fingerprint density at radius 3 is 2.89 bits per heavy atom. The van der Waals surface area contributed by atoms with Gasteiger partial charge in [0.1, 0.15) is 0 Å². The molecule has 1 aliphatic heterocycles. The lowest BCUT2D eigenvalue weighted by molar-refractivity contribution is 0.588. The molecular weight excluding hydrogens is 240 g/mol. The smallest absolute Gasteiger partial charge is 0.0622 e. The molecule has 0 aromatic heterocycles. The van der Waals surface area contributed by atoms with Crippen molar-refractivity contribution in [3.8, 4) is 6.07 Å². The summed E-state index contributed by atoms with van der Waals surface area (Å²) in [4.78, 5) is 1.34. The van der Waals surface area contributed by atoms with Crippen molar-refractivity contribution in [2.24, 2.45) is 0 Å². The highest BCUT2D eigenvalue weighted by Gasteiger charge is 2.21. The lowest BCUT2D eigenvalue weighted by Gasteiger charge is -2.28. The number of nitrogens with zero attached hydrogens (tertiary/aromatic N) is 1. The van der Waals surface area contributed by atoms with Gasteiger partial charge in [-0.1, -0.05) is 26.8 Å². The van der Waals surface area contributed by atoms with E-state index in [2.05, 4.69) is 50.4 Å². The Kier molecular flexibility index (Phi) is 3.87. The molecule has 0 fully saturated rings. The Morgan fingerprint density at radius 1 is 1.44 bits per heavy atom. The van der Waals surface area contributed by atoms with Crippen LogP contribution in [0.2, 0.25) is 0 Å². The molecule has 1 N–H and O–H groups in total. The highest BCUT2D eigenvalue weighted by molar-refractivity contribution is 7.99. The number of thioether (sulfide) groups is 1. The third kappa shape index (κ3) is 3.00. The van der Waals surface area contributed by atoms with Crippen molar-refractivity contribution in [2.75, 3.05) is 11.1 Å². The molecule has 1 unspecified atom stereocenters. The van der Waals surface area contributed by atoms with Crippen LogP contribution in [0.4, 0.5) is 5.69 Å². The van der Waals surface area contributed by atoms with E-state index in [0.717, 1.165) is 12.2 Å². The molecule has 0 spiro atoms. The molecule has 3 heteroatoms. The van der Waals surface area contributed by atoms with E-state index in [-0.39, 0.29) is 5.41 Å². The first-order valence-corrected chi connectivity index (χ1v) is 7.40. The van der Waals surface area contributed by atoms with Crippen LogP contribution in [0.25, 0.3) is 0 Å². The molecule has 2 nitrogen and oxygen atoms in total. The van der Waals surface area contributed by atoms with E-state index >= 15 is 0 Å². The predicted octanol–water partition coefficient (Wildman–Crippen LogP) is 4.17. The molecule has 1 aromatic rings. The summed E-state index contributed by atoms with van der Waals surface area (Å²) in [6.45, 7) is 6.72. The van der Waals surface area contributed by atoms with Crippen molar-refractivity contribution < 1.29 is 0 Å². The van der Waals surface area contributed by atoms with Crippen LogP contribution >= 0.6 is 11.8 Å². The zero-order valence-electron chi connectivity index (χ0n) is 11.3. The summed E-state index contributed by atoms with van der Waals surface area (Å²) in [6, 6.07) is 9.34. The van der Waals surface area contributed by atoms with E-state index in [1.54, 1.807) is 0 Å². The number of hydrogen-bond acceptors (Lipinski definition) is 3. The number of nitriles is 1. The third-order valence-corrected chi connectivity index (χ3v) is 4.47. The minimum Gasteiger partial charge on any atom is -0.381 e. The zero-order valence-corrected chi connectivity index (χ0v) is 12.1. The average Bonchev–Trinajstić information content (AvgIpc) is 2.34. The summed E-state index contributed by atoms with van der Waals surface area (Å²) in [7, 11) is 0. The number of anilines is 1. The summed E-state index contributed by atoms with van der Waals surface area (Å²) in [5, 5.41) is 12.2. The van der Waals surface area contributed by atoms with Gasteiger partial charge in [0.15, 0.2) is 0 Å². The summed E-state index contributed by atoms with van der Waals surface area (Å²) in [5.74, 6) is 1.06. The van der Waals surface area contributed by atoms with E-state index in [0.29, 0.717) is 12.5 Å². The van der Waals surface area contributed by atoms with Crippen molar-refractivity contribution >= 4 is 17.4 Å². The Bertz CT molecular complexity index is 468. The summed E-state index contributed by atoms with van der Waals surface area (Å²) in [6.07, 6.45) is 1.57. The molecule has 96 valence electrons. The summed E-state index contributed by atoms with van der Waals surface area (Å²) >= 11 is 1.91. The number of benzene rings is 1. The van der Waals surface area contributed by atoms with Gasteiger partial charge in [-0.15, -0.1) is 11.8 Å². The van der Waals surface area contributed by atoms with Crippen LogP contribution in [-0.4, -0.2) is 11.8 Å². The van der Waals surface area contributed by atoms with Crippen LogP contribution in [-0.2, 0) is 5.41 Å². The highest BCUT2D eigenvalue weighted by Crippen LogP contribution is 2.37. The Morgan fingerprint density at radius 2 is 2.22 bits per heavy atom. The first-order valence-electron chi connectivity index (χ1n) is 6.41. The van der Waals surface area contributed by atoms with Gasteiger partial charge in [0, 0.05) is 28.8 Å². The SMILES string of the molecule is CC(C)(C)c1ccc2c(c1)SCC(CCC#N)N2. The fourth-order valence-corrected chi connectivity index (χ4v) is 3.20. The minimum atomic E-state index is 0.202. The van der Waals surface area contributed by atoms with Gasteiger partial charge in [-0.05, 0) is 29.5 Å². The van der Waals surface area contributed by atoms with Gasteiger partial charge in [0.05, 0.1) is 6.07 Å². The second-order valence-corrected chi connectivity index (χ2v) is 6.87. The maximum Gasteiger partial charge on any atom is 0.0622 e. The van der Waals surface area contributed by atoms with Gasteiger partial charge in [-0.2, -0.15) is 5.26 Å². The van der Waals surface area contributed by atoms with Crippen LogP contribution in [0.3, 0.4) is 0 Å². The highest BCUT2D eigenvalue weighted by atomic mass is 32.2. The van der Waals surface area contributed by atoms with Crippen LogP contribution in [0.15, 0.2) is 23.1 Å². The molecule has 1 heterocycles. The maximum atomic E-state index is 8.63. The normalized spacial score (nSPS) is 18.7. The Balaban J connectivity index is 2.14. The largest absolute Gasteiger partial charge is 0.381 e. The minimum absolute atomic E-state index is 0.202. The summed E-state index contributed by atoms with van der Waals surface area (Å²) < 4.78 is 0. The molecule has 0 radical (unpaired) electrons. The monoisotopic (exact) mass is 260 g/mol. The first kappa shape index (κ1) is 13.3. The molecule has 1 aliphatic rings. The van der Waals surface area contributed by atoms with Crippen molar-refractivity contribution in [1.29, 1.82) is 5.26 Å². The maximum absolute atomic E-state index is 8.63. The zero-order chi connectivity index (χ0) is 13.2. The number of hydrogen-bond donors (Lipinski definition) is 1. The van der Waals surface area contributed by atoms with Gasteiger partial charge < -0.3 is 5.32 Å². The van der Waals surface area contributed by atoms with Crippen LogP contribution in [0.1, 0.15) is 39.2 Å². The molecule has 0 aliphatic carbocycles. The van der Waals surface area contributed by atoms with Gasteiger partial charge in [0.2, 0.25) is 0 Å². The molecular formula is C15H20N2S. The fourth-order valence-electron chi connectivity index (χ4n) is 2.07. The molecule has 0 amide bonds. The number of fused-ring (bicyclic) bond motifs is 1. The first-order chi connectivity index (χ1) is 8.50. The Labute approximate surface area is 114 Å². The number of nitrogens with one attached hydrogen (secondary N) is 1. The molecule has 0 bridgehead atoms. The van der Waals surface area contributed by atoms with Gasteiger partial charge >= 0.3 is 0 Å². The van der Waals surface area contributed by atoms with E-state index in [9.17, 15) is 0 Å². The van der Waals surface area contributed by atoms with E-state index in [4.69, 9.17) is 5.26 Å². The average molecular weight is 260 g/mol.